The third-order valence-electron chi connectivity index (χ3n) is 2.66. The molecule has 2 aromatic rings. The molecule has 16 heavy (non-hydrogen) atoms. The van der Waals surface area contributed by atoms with Gasteiger partial charge in [-0.1, -0.05) is 13.0 Å². The number of nitrogens with zero attached hydrogens (tertiary/aromatic N) is 2. The molecule has 1 unspecified atom stereocenters. The normalized spacial score (nSPS) is 13.1. The summed E-state index contributed by atoms with van der Waals surface area (Å²) >= 11 is 5.82. The molecular weight excluding hydrogens is 222 g/mol. The minimum atomic E-state index is 0.367. The van der Waals surface area contributed by atoms with Gasteiger partial charge in [-0.15, -0.1) is 11.6 Å². The van der Waals surface area contributed by atoms with Crippen LogP contribution in [0.5, 0.6) is 0 Å². The van der Waals surface area contributed by atoms with Crippen molar-refractivity contribution in [2.45, 2.75) is 25.9 Å². The number of imidazole rings is 1. The van der Waals surface area contributed by atoms with E-state index in [2.05, 4.69) is 17.2 Å². The SMILES string of the molecule is CCC(CCl)NCc1cn2ccccc2n1. The number of rotatable bonds is 5. The molecule has 2 heterocycles. The summed E-state index contributed by atoms with van der Waals surface area (Å²) in [6.45, 7) is 2.90. The van der Waals surface area contributed by atoms with Gasteiger partial charge >= 0.3 is 0 Å². The van der Waals surface area contributed by atoms with E-state index in [1.165, 1.54) is 0 Å². The Hall–Kier alpha value is -1.06. The maximum absolute atomic E-state index is 5.82. The second-order valence-corrected chi connectivity index (χ2v) is 4.15. The van der Waals surface area contributed by atoms with Gasteiger partial charge in [0.05, 0.1) is 5.69 Å². The van der Waals surface area contributed by atoms with Crippen molar-refractivity contribution in [1.29, 1.82) is 0 Å². The van der Waals surface area contributed by atoms with E-state index < -0.39 is 0 Å². The lowest BCUT2D eigenvalue weighted by atomic mass is 10.2. The third kappa shape index (κ3) is 2.54. The van der Waals surface area contributed by atoms with Crippen molar-refractivity contribution >= 4 is 17.2 Å². The summed E-state index contributed by atoms with van der Waals surface area (Å²) in [7, 11) is 0. The van der Waals surface area contributed by atoms with Crippen LogP contribution in [0.25, 0.3) is 5.65 Å². The van der Waals surface area contributed by atoms with E-state index >= 15 is 0 Å². The first-order valence-electron chi connectivity index (χ1n) is 5.55. The Morgan fingerprint density at radius 3 is 3.06 bits per heavy atom. The van der Waals surface area contributed by atoms with E-state index in [1.807, 2.05) is 35.0 Å². The zero-order valence-electron chi connectivity index (χ0n) is 9.36. The summed E-state index contributed by atoms with van der Waals surface area (Å²) in [4.78, 5) is 4.51. The maximum Gasteiger partial charge on any atom is 0.137 e. The highest BCUT2D eigenvalue weighted by Gasteiger charge is 2.05. The molecule has 0 radical (unpaired) electrons. The fourth-order valence-corrected chi connectivity index (χ4v) is 1.96. The van der Waals surface area contributed by atoms with Crippen LogP contribution in [0.4, 0.5) is 0 Å². The Balaban J connectivity index is 2.04. The average Bonchev–Trinajstić information content (AvgIpc) is 2.73. The summed E-state index contributed by atoms with van der Waals surface area (Å²) in [5.41, 5.74) is 2.04. The van der Waals surface area contributed by atoms with E-state index in [9.17, 15) is 0 Å². The monoisotopic (exact) mass is 237 g/mol. The molecule has 2 rings (SSSR count). The zero-order chi connectivity index (χ0) is 11.4. The molecule has 0 aliphatic heterocycles. The van der Waals surface area contributed by atoms with Crippen molar-refractivity contribution in [2.75, 3.05) is 5.88 Å². The van der Waals surface area contributed by atoms with E-state index in [1.54, 1.807) is 0 Å². The summed E-state index contributed by atoms with van der Waals surface area (Å²) in [5, 5.41) is 3.39. The summed E-state index contributed by atoms with van der Waals surface area (Å²) < 4.78 is 2.03. The van der Waals surface area contributed by atoms with Crippen LogP contribution in [-0.4, -0.2) is 21.3 Å². The lowest BCUT2D eigenvalue weighted by molar-refractivity contribution is 0.534. The summed E-state index contributed by atoms with van der Waals surface area (Å²) in [6.07, 6.45) is 5.09. The van der Waals surface area contributed by atoms with Crippen LogP contribution in [-0.2, 0) is 6.54 Å². The van der Waals surface area contributed by atoms with Gasteiger partial charge in [-0.2, -0.15) is 0 Å². The van der Waals surface area contributed by atoms with Crippen LogP contribution in [0.3, 0.4) is 0 Å². The number of halogens is 1. The minimum Gasteiger partial charge on any atom is -0.307 e. The van der Waals surface area contributed by atoms with Crippen molar-refractivity contribution in [3.8, 4) is 0 Å². The molecule has 0 aromatic carbocycles. The Bertz CT molecular complexity index is 415. The van der Waals surface area contributed by atoms with Crippen LogP contribution in [0.1, 0.15) is 19.0 Å². The van der Waals surface area contributed by atoms with Crippen molar-refractivity contribution in [2.24, 2.45) is 0 Å². The molecule has 4 heteroatoms. The molecule has 0 bridgehead atoms. The van der Waals surface area contributed by atoms with Crippen molar-refractivity contribution < 1.29 is 0 Å². The van der Waals surface area contributed by atoms with Gasteiger partial charge in [0.25, 0.3) is 0 Å². The van der Waals surface area contributed by atoms with Crippen LogP contribution < -0.4 is 5.32 Å². The standard InChI is InChI=1S/C12H16ClN3/c1-2-10(7-13)14-8-11-9-16-6-4-3-5-12(16)15-11/h3-6,9-10,14H,2,7-8H2,1H3. The molecule has 0 amide bonds. The quantitative estimate of drug-likeness (QED) is 0.810. The largest absolute Gasteiger partial charge is 0.307 e. The van der Waals surface area contributed by atoms with Crippen molar-refractivity contribution in [1.82, 2.24) is 14.7 Å². The molecule has 2 aromatic heterocycles. The molecule has 0 saturated heterocycles. The first-order chi connectivity index (χ1) is 7.83. The molecule has 1 atom stereocenters. The molecule has 1 N–H and O–H groups in total. The number of fused-ring (bicyclic) bond motifs is 1. The second-order valence-electron chi connectivity index (χ2n) is 3.84. The Morgan fingerprint density at radius 2 is 2.38 bits per heavy atom. The van der Waals surface area contributed by atoms with Gasteiger partial charge in [0.1, 0.15) is 5.65 Å². The van der Waals surface area contributed by atoms with Crippen molar-refractivity contribution in [3.05, 3.63) is 36.3 Å². The van der Waals surface area contributed by atoms with Gasteiger partial charge in [0, 0.05) is 30.9 Å². The van der Waals surface area contributed by atoms with Crippen LogP contribution >= 0.6 is 11.6 Å². The molecule has 0 aliphatic carbocycles. The average molecular weight is 238 g/mol. The molecule has 0 saturated carbocycles. The lowest BCUT2D eigenvalue weighted by Gasteiger charge is -2.11. The minimum absolute atomic E-state index is 0.367. The Morgan fingerprint density at radius 1 is 1.50 bits per heavy atom. The molecular formula is C12H16ClN3. The predicted molar refractivity (Wildman–Crippen MR) is 66.8 cm³/mol. The van der Waals surface area contributed by atoms with E-state index in [-0.39, 0.29) is 0 Å². The second kappa shape index (κ2) is 5.32. The van der Waals surface area contributed by atoms with Crippen molar-refractivity contribution in [3.63, 3.8) is 0 Å². The van der Waals surface area contributed by atoms with Gasteiger partial charge < -0.3 is 9.72 Å². The number of pyridine rings is 1. The third-order valence-corrected chi connectivity index (χ3v) is 3.04. The number of aromatic nitrogens is 2. The molecule has 0 spiro atoms. The van der Waals surface area contributed by atoms with Crippen LogP contribution in [0.15, 0.2) is 30.6 Å². The number of nitrogens with one attached hydrogen (secondary N) is 1. The van der Waals surface area contributed by atoms with E-state index in [0.717, 1.165) is 24.3 Å². The summed E-state index contributed by atoms with van der Waals surface area (Å²) in [6, 6.07) is 6.36. The highest BCUT2D eigenvalue weighted by Crippen LogP contribution is 2.05. The zero-order valence-corrected chi connectivity index (χ0v) is 10.1. The van der Waals surface area contributed by atoms with E-state index in [4.69, 9.17) is 11.6 Å². The number of hydrogen-bond donors (Lipinski definition) is 1. The lowest BCUT2D eigenvalue weighted by Crippen LogP contribution is -2.29. The first-order valence-corrected chi connectivity index (χ1v) is 6.09. The predicted octanol–water partition coefficient (Wildman–Crippen LogP) is 2.44. The molecule has 0 aliphatic rings. The highest BCUT2D eigenvalue weighted by atomic mass is 35.5. The van der Waals surface area contributed by atoms with Gasteiger partial charge in [-0.05, 0) is 18.6 Å². The van der Waals surface area contributed by atoms with E-state index in [0.29, 0.717) is 11.9 Å². The summed E-state index contributed by atoms with van der Waals surface area (Å²) in [5.74, 6) is 0.643. The topological polar surface area (TPSA) is 29.3 Å². The highest BCUT2D eigenvalue weighted by molar-refractivity contribution is 6.18. The Labute approximate surface area is 100 Å². The fraction of sp³-hybridized carbons (Fsp3) is 0.417. The number of hydrogen-bond acceptors (Lipinski definition) is 2. The van der Waals surface area contributed by atoms with Crippen LogP contribution in [0, 0.1) is 0 Å². The Kier molecular flexibility index (Phi) is 3.80. The fourth-order valence-electron chi connectivity index (χ4n) is 1.63. The first kappa shape index (κ1) is 11.4. The van der Waals surface area contributed by atoms with Gasteiger partial charge in [-0.25, -0.2) is 4.98 Å². The smallest absolute Gasteiger partial charge is 0.137 e. The number of alkyl halides is 1. The van der Waals surface area contributed by atoms with Gasteiger partial charge in [0.2, 0.25) is 0 Å². The maximum atomic E-state index is 5.82. The van der Waals surface area contributed by atoms with Crippen LogP contribution in [0.2, 0.25) is 0 Å². The van der Waals surface area contributed by atoms with Gasteiger partial charge in [-0.3, -0.25) is 0 Å². The van der Waals surface area contributed by atoms with Gasteiger partial charge in [0.15, 0.2) is 0 Å². The molecule has 86 valence electrons. The molecule has 3 nitrogen and oxygen atoms in total. The molecule has 0 fully saturated rings.